The van der Waals surface area contributed by atoms with Crippen LogP contribution in [0.15, 0.2) is 4.99 Å². The Morgan fingerprint density at radius 1 is 1.67 bits per heavy atom. The van der Waals surface area contributed by atoms with Gasteiger partial charge in [0.15, 0.2) is 0 Å². The maximum absolute atomic E-state index is 4.25. The smallest absolute Gasteiger partial charge is 0.134 e. The summed E-state index contributed by atoms with van der Waals surface area (Å²) in [4.78, 5) is 4.25. The first-order chi connectivity index (χ1) is 4.31. The van der Waals surface area contributed by atoms with Crippen LogP contribution < -0.4 is 10.6 Å². The molecule has 0 bridgehead atoms. The third-order valence-corrected chi connectivity index (χ3v) is 2.27. The highest BCUT2D eigenvalue weighted by molar-refractivity contribution is 5.63. The summed E-state index contributed by atoms with van der Waals surface area (Å²) in [6, 6.07) is 0. The summed E-state index contributed by atoms with van der Waals surface area (Å²) in [6.07, 6.45) is 1.78. The molecule has 0 aromatic heterocycles. The topological polar surface area (TPSA) is 36.4 Å². The number of rotatable bonds is 1. The maximum Gasteiger partial charge on any atom is 0.134 e. The van der Waals surface area contributed by atoms with Gasteiger partial charge in [-0.15, -0.1) is 0 Å². The third-order valence-electron chi connectivity index (χ3n) is 2.27. The van der Waals surface area contributed by atoms with E-state index in [9.17, 15) is 0 Å². The molecule has 0 amide bonds. The van der Waals surface area contributed by atoms with Crippen LogP contribution in [0.2, 0.25) is 0 Å². The highest BCUT2D eigenvalue weighted by atomic mass is 15.3. The van der Waals surface area contributed by atoms with Gasteiger partial charge in [-0.2, -0.15) is 0 Å². The molecule has 50 valence electrons. The van der Waals surface area contributed by atoms with Gasteiger partial charge in [0.05, 0.1) is 6.34 Å². The van der Waals surface area contributed by atoms with Crippen LogP contribution in [-0.2, 0) is 0 Å². The molecule has 0 radical (unpaired) electrons. The first-order valence-electron chi connectivity index (χ1n) is 3.33. The lowest BCUT2D eigenvalue weighted by Crippen LogP contribution is -2.63. The van der Waals surface area contributed by atoms with Crippen molar-refractivity contribution in [3.63, 3.8) is 0 Å². The van der Waals surface area contributed by atoms with E-state index in [4.69, 9.17) is 0 Å². The van der Waals surface area contributed by atoms with Crippen molar-refractivity contribution < 1.29 is 0 Å². The fourth-order valence-corrected chi connectivity index (χ4v) is 1.18. The van der Waals surface area contributed by atoms with Gasteiger partial charge in [0.1, 0.15) is 5.66 Å². The molecule has 9 heavy (non-hydrogen) atoms. The van der Waals surface area contributed by atoms with E-state index in [0.717, 1.165) is 13.1 Å². The molecular formula is C6H11N3. The molecule has 2 heterocycles. The summed E-state index contributed by atoms with van der Waals surface area (Å²) < 4.78 is 0. The molecule has 2 rings (SSSR count). The van der Waals surface area contributed by atoms with E-state index < -0.39 is 0 Å². The van der Waals surface area contributed by atoms with Crippen molar-refractivity contribution in [2.75, 3.05) is 13.1 Å². The van der Waals surface area contributed by atoms with Gasteiger partial charge in [-0.25, -0.2) is 4.99 Å². The Kier molecular flexibility index (Phi) is 0.858. The second-order valence-electron chi connectivity index (χ2n) is 2.91. The van der Waals surface area contributed by atoms with E-state index in [1.807, 2.05) is 0 Å². The van der Waals surface area contributed by atoms with E-state index >= 15 is 0 Å². The van der Waals surface area contributed by atoms with Gasteiger partial charge in [-0.3, -0.25) is 0 Å². The van der Waals surface area contributed by atoms with Crippen molar-refractivity contribution in [2.45, 2.75) is 12.6 Å². The summed E-state index contributed by atoms with van der Waals surface area (Å²) in [5.74, 6) is 0.711. The van der Waals surface area contributed by atoms with Gasteiger partial charge in [0, 0.05) is 19.0 Å². The first-order valence-corrected chi connectivity index (χ1v) is 3.33. The lowest BCUT2D eigenvalue weighted by Gasteiger charge is -2.44. The second-order valence-corrected chi connectivity index (χ2v) is 2.91. The molecule has 0 aliphatic carbocycles. The molecule has 1 fully saturated rings. The van der Waals surface area contributed by atoms with Gasteiger partial charge >= 0.3 is 0 Å². The van der Waals surface area contributed by atoms with Gasteiger partial charge < -0.3 is 10.6 Å². The third kappa shape index (κ3) is 0.580. The van der Waals surface area contributed by atoms with E-state index in [0.29, 0.717) is 5.92 Å². The van der Waals surface area contributed by atoms with Gasteiger partial charge in [-0.1, -0.05) is 0 Å². The van der Waals surface area contributed by atoms with E-state index in [-0.39, 0.29) is 5.66 Å². The molecule has 0 aromatic carbocycles. The van der Waals surface area contributed by atoms with Crippen LogP contribution in [0.5, 0.6) is 0 Å². The van der Waals surface area contributed by atoms with Crippen molar-refractivity contribution in [1.29, 1.82) is 0 Å². The lowest BCUT2D eigenvalue weighted by atomic mass is 9.88. The Balaban J connectivity index is 2.03. The standard InChI is InChI=1S/C6H11N3/c1-6(8-4-9-6)5-2-7-3-5/h4-5,7H,2-3H2,1H3,(H,8,9). The predicted molar refractivity (Wildman–Crippen MR) is 36.4 cm³/mol. The van der Waals surface area contributed by atoms with E-state index in [1.54, 1.807) is 6.34 Å². The van der Waals surface area contributed by atoms with Crippen molar-refractivity contribution in [1.82, 2.24) is 10.6 Å². The highest BCUT2D eigenvalue weighted by Gasteiger charge is 2.40. The summed E-state index contributed by atoms with van der Waals surface area (Å²) in [6.45, 7) is 4.36. The molecule has 2 N–H and O–H groups in total. The Labute approximate surface area is 54.5 Å². The van der Waals surface area contributed by atoms with Gasteiger partial charge in [0.2, 0.25) is 0 Å². The minimum absolute atomic E-state index is 0.0747. The molecule has 1 atom stereocenters. The molecule has 0 unspecified atom stereocenters. The average Bonchev–Trinajstić information content (AvgIpc) is 1.56. The largest absolute Gasteiger partial charge is 0.352 e. The lowest BCUT2D eigenvalue weighted by molar-refractivity contribution is 0.179. The normalized spacial score (nSPS) is 41.0. The van der Waals surface area contributed by atoms with Crippen LogP contribution in [0.1, 0.15) is 6.92 Å². The Morgan fingerprint density at radius 3 is 2.44 bits per heavy atom. The molecule has 2 aliphatic heterocycles. The Morgan fingerprint density at radius 2 is 2.33 bits per heavy atom. The zero-order valence-corrected chi connectivity index (χ0v) is 5.52. The Bertz CT molecular complexity index is 150. The molecule has 0 aromatic rings. The minimum atomic E-state index is 0.0747. The van der Waals surface area contributed by atoms with Gasteiger partial charge in [-0.05, 0) is 6.92 Å². The molecule has 0 saturated carbocycles. The van der Waals surface area contributed by atoms with Crippen LogP contribution in [-0.4, -0.2) is 25.1 Å². The van der Waals surface area contributed by atoms with Gasteiger partial charge in [0.25, 0.3) is 0 Å². The minimum Gasteiger partial charge on any atom is -0.352 e. The first kappa shape index (κ1) is 5.23. The molecule has 1 saturated heterocycles. The van der Waals surface area contributed by atoms with Crippen LogP contribution >= 0.6 is 0 Å². The summed E-state index contributed by atoms with van der Waals surface area (Å²) >= 11 is 0. The maximum atomic E-state index is 4.25. The van der Waals surface area contributed by atoms with Crippen LogP contribution in [0.3, 0.4) is 0 Å². The van der Waals surface area contributed by atoms with Crippen molar-refractivity contribution >= 4 is 6.34 Å². The van der Waals surface area contributed by atoms with Crippen molar-refractivity contribution in [2.24, 2.45) is 10.9 Å². The SMILES string of the molecule is C[C@]1(C2CNC2)N=CN1. The quantitative estimate of drug-likeness (QED) is 0.498. The second kappa shape index (κ2) is 1.48. The van der Waals surface area contributed by atoms with Crippen LogP contribution in [0, 0.1) is 5.92 Å². The molecule has 0 spiro atoms. The van der Waals surface area contributed by atoms with E-state index in [2.05, 4.69) is 22.5 Å². The summed E-state index contributed by atoms with van der Waals surface area (Å²) in [7, 11) is 0. The zero-order chi connectivity index (χ0) is 6.32. The number of hydrogen-bond donors (Lipinski definition) is 2. The summed E-state index contributed by atoms with van der Waals surface area (Å²) in [5.41, 5.74) is 0.0747. The number of nitrogens with one attached hydrogen (secondary N) is 2. The number of nitrogens with zero attached hydrogens (tertiary/aromatic N) is 1. The molecule has 3 heteroatoms. The van der Waals surface area contributed by atoms with E-state index in [1.165, 1.54) is 0 Å². The fourth-order valence-electron chi connectivity index (χ4n) is 1.18. The highest BCUT2D eigenvalue weighted by Crippen LogP contribution is 2.24. The summed E-state index contributed by atoms with van der Waals surface area (Å²) in [5, 5.41) is 6.41. The number of hydrogen-bond acceptors (Lipinski definition) is 3. The molecule has 3 nitrogen and oxygen atoms in total. The zero-order valence-electron chi connectivity index (χ0n) is 5.52. The van der Waals surface area contributed by atoms with Crippen LogP contribution in [0.25, 0.3) is 0 Å². The number of aliphatic imine (C=N–C) groups is 1. The van der Waals surface area contributed by atoms with Crippen LogP contribution in [0.4, 0.5) is 0 Å². The molecular weight excluding hydrogens is 114 g/mol. The van der Waals surface area contributed by atoms with Crippen molar-refractivity contribution in [3.05, 3.63) is 0 Å². The Hall–Kier alpha value is -0.570. The van der Waals surface area contributed by atoms with Crippen molar-refractivity contribution in [3.8, 4) is 0 Å². The molecule has 2 aliphatic rings. The average molecular weight is 125 g/mol. The monoisotopic (exact) mass is 125 g/mol. The fraction of sp³-hybridized carbons (Fsp3) is 0.833. The predicted octanol–water partition coefficient (Wildman–Crippen LogP) is -0.447.